The van der Waals surface area contributed by atoms with Gasteiger partial charge in [0, 0.05) is 54.0 Å². The van der Waals surface area contributed by atoms with Crippen LogP contribution in [-0.4, -0.2) is 111 Å². The number of amides is 5. The third kappa shape index (κ3) is 26.4. The van der Waals surface area contributed by atoms with E-state index in [-0.39, 0.29) is 31.5 Å². The Morgan fingerprint density at radius 3 is 1.27 bits per heavy atom. The number of hydrogen-bond donors (Lipinski definition) is 7. The van der Waals surface area contributed by atoms with E-state index in [0.29, 0.717) is 5.56 Å². The summed E-state index contributed by atoms with van der Waals surface area (Å²) < 4.78 is 5.30. The highest BCUT2D eigenvalue weighted by Crippen LogP contribution is 2.20. The maximum absolute atomic E-state index is 13.8. The van der Waals surface area contributed by atoms with Crippen molar-refractivity contribution >= 4 is 29.7 Å². The Labute approximate surface area is 371 Å². The Morgan fingerprint density at radius 2 is 0.952 bits per heavy atom. The zero-order valence-electron chi connectivity index (χ0n) is 38.9. The maximum Gasteiger partial charge on any atom is 0.408 e. The standard InChI is InChI=1S/C38H55N7O10.2C3H8O/c1-36(2,3)55-35(50)43-38(6,7)34(49)41-30(20-26-17-13-10-14-18-26)28(24-45(53)54)22-32(47)42-37(4,5)33(48)40-29(19-25-15-11-9-12-16-25)27(23-44(51)52)21-31(46)39-8;2*1-3(2)4/h9-18,27-30H,19-24H2,1-8H3,(H,39,46)(H,40,48)(H,41,49)(H,42,47)(H,43,50);2*3-4H,1-2H3/t27-,28-,29+,30+;;/m1../s1. The molecule has 0 bridgehead atoms. The number of ether oxygens (including phenoxy) is 1. The lowest BCUT2D eigenvalue weighted by molar-refractivity contribution is -0.488. The van der Waals surface area contributed by atoms with Crippen LogP contribution in [0.5, 0.6) is 0 Å². The Kier molecular flexibility index (Phi) is 24.9. The molecule has 0 unspecified atom stereocenters. The molecular formula is C44H71N7O12. The van der Waals surface area contributed by atoms with Crippen molar-refractivity contribution in [2.75, 3.05) is 20.1 Å². The molecule has 2 aromatic carbocycles. The van der Waals surface area contributed by atoms with Crippen LogP contribution in [0.15, 0.2) is 60.7 Å². The number of aliphatic hydroxyl groups is 2. The summed E-state index contributed by atoms with van der Waals surface area (Å²) in [4.78, 5) is 88.4. The SMILES string of the molecule is CC(C)O.CC(C)O.CNC(=O)C[C@H](C[N+](=O)[O-])[C@H](Cc1ccccc1)NC(=O)C(C)(C)NC(=O)C[C@H](C[N+](=O)[O-])[C@H](Cc1ccccc1)NC(=O)C(C)(C)NC(=O)OC(C)(C)C. The number of benzene rings is 2. The van der Waals surface area contributed by atoms with E-state index in [2.05, 4.69) is 26.6 Å². The van der Waals surface area contributed by atoms with Crippen molar-refractivity contribution in [2.24, 2.45) is 11.8 Å². The molecule has 0 aromatic heterocycles. The van der Waals surface area contributed by atoms with Crippen molar-refractivity contribution in [3.8, 4) is 0 Å². The second-order valence-electron chi connectivity index (χ2n) is 17.8. The molecular weight excluding hydrogens is 819 g/mol. The van der Waals surface area contributed by atoms with Crippen LogP contribution in [0.25, 0.3) is 0 Å². The van der Waals surface area contributed by atoms with Crippen molar-refractivity contribution in [1.82, 2.24) is 26.6 Å². The molecule has 354 valence electrons. The highest BCUT2D eigenvalue weighted by molar-refractivity contribution is 5.91. The van der Waals surface area contributed by atoms with E-state index >= 15 is 0 Å². The zero-order valence-corrected chi connectivity index (χ0v) is 38.9. The van der Waals surface area contributed by atoms with E-state index in [1.165, 1.54) is 34.7 Å². The first-order valence-electron chi connectivity index (χ1n) is 20.8. The largest absolute Gasteiger partial charge is 0.444 e. The summed E-state index contributed by atoms with van der Waals surface area (Å²) in [5.41, 5.74) is -2.54. The van der Waals surface area contributed by atoms with Gasteiger partial charge in [0.2, 0.25) is 36.7 Å². The van der Waals surface area contributed by atoms with Gasteiger partial charge in [-0.05, 0) is 100 Å². The summed E-state index contributed by atoms with van der Waals surface area (Å²) in [6.07, 6.45) is -1.67. The Balaban J connectivity index is 0.00000440. The van der Waals surface area contributed by atoms with Gasteiger partial charge in [0.25, 0.3) is 0 Å². The molecule has 0 aliphatic heterocycles. The van der Waals surface area contributed by atoms with Crippen molar-refractivity contribution in [1.29, 1.82) is 0 Å². The van der Waals surface area contributed by atoms with Crippen molar-refractivity contribution in [3.05, 3.63) is 92.0 Å². The average molecular weight is 890 g/mol. The average Bonchev–Trinajstić information content (AvgIpc) is 3.12. The van der Waals surface area contributed by atoms with E-state index in [4.69, 9.17) is 14.9 Å². The van der Waals surface area contributed by atoms with E-state index in [9.17, 15) is 44.2 Å². The molecule has 0 saturated carbocycles. The fourth-order valence-corrected chi connectivity index (χ4v) is 5.81. The molecule has 0 spiro atoms. The third-order valence-electron chi connectivity index (χ3n) is 8.71. The molecule has 0 aliphatic rings. The van der Waals surface area contributed by atoms with Crippen molar-refractivity contribution in [2.45, 2.75) is 143 Å². The lowest BCUT2D eigenvalue weighted by Gasteiger charge is -2.33. The van der Waals surface area contributed by atoms with Crippen molar-refractivity contribution < 1.29 is 48.8 Å². The van der Waals surface area contributed by atoms with Gasteiger partial charge in [-0.2, -0.15) is 0 Å². The summed E-state index contributed by atoms with van der Waals surface area (Å²) in [5, 5.41) is 52.9. The maximum atomic E-state index is 13.8. The van der Waals surface area contributed by atoms with Crippen LogP contribution >= 0.6 is 0 Å². The number of nitrogens with one attached hydrogen (secondary N) is 5. The van der Waals surface area contributed by atoms with Gasteiger partial charge in [0.15, 0.2) is 0 Å². The van der Waals surface area contributed by atoms with Crippen molar-refractivity contribution in [3.63, 3.8) is 0 Å². The molecule has 0 saturated heterocycles. The van der Waals surface area contributed by atoms with Crippen LogP contribution in [0.1, 0.15) is 100 Å². The number of nitro groups is 2. The number of carbonyl (C=O) groups excluding carboxylic acids is 5. The minimum atomic E-state index is -1.63. The predicted molar refractivity (Wildman–Crippen MR) is 239 cm³/mol. The third-order valence-corrected chi connectivity index (χ3v) is 8.71. The second kappa shape index (κ2) is 27.4. The van der Waals surface area contributed by atoms with Gasteiger partial charge in [-0.1, -0.05) is 60.7 Å². The van der Waals surface area contributed by atoms with E-state index in [0.717, 1.165) is 5.56 Å². The molecule has 63 heavy (non-hydrogen) atoms. The molecule has 0 heterocycles. The minimum absolute atomic E-state index is 0.0924. The van der Waals surface area contributed by atoms with Gasteiger partial charge < -0.3 is 41.5 Å². The fraction of sp³-hybridized carbons (Fsp3) is 0.614. The fourth-order valence-electron chi connectivity index (χ4n) is 5.81. The van der Waals surface area contributed by atoms with Gasteiger partial charge in [-0.25, -0.2) is 4.79 Å². The monoisotopic (exact) mass is 890 g/mol. The molecule has 4 atom stereocenters. The summed E-state index contributed by atoms with van der Waals surface area (Å²) >= 11 is 0. The highest BCUT2D eigenvalue weighted by Gasteiger charge is 2.39. The normalized spacial score (nSPS) is 13.3. The Morgan fingerprint density at radius 1 is 0.619 bits per heavy atom. The van der Waals surface area contributed by atoms with Crippen LogP contribution in [0.4, 0.5) is 4.79 Å². The number of alkyl carbamates (subject to hydrolysis) is 1. The molecule has 5 amide bonds. The summed E-state index contributed by atoms with van der Waals surface area (Å²) in [6, 6.07) is 15.9. The number of nitrogens with zero attached hydrogens (tertiary/aromatic N) is 2. The van der Waals surface area contributed by atoms with Gasteiger partial charge in [-0.3, -0.25) is 39.4 Å². The highest BCUT2D eigenvalue weighted by atomic mass is 16.6. The molecule has 2 aromatic rings. The number of rotatable bonds is 20. The van der Waals surface area contributed by atoms with Crippen LogP contribution in [0, 0.1) is 32.1 Å². The van der Waals surface area contributed by atoms with Crippen LogP contribution < -0.4 is 26.6 Å². The lowest BCUT2D eigenvalue weighted by atomic mass is 9.88. The predicted octanol–water partition coefficient (Wildman–Crippen LogP) is 3.73. The molecule has 0 radical (unpaired) electrons. The summed E-state index contributed by atoms with van der Waals surface area (Å²) in [7, 11) is 1.40. The number of aliphatic hydroxyl groups excluding tert-OH is 2. The van der Waals surface area contributed by atoms with Gasteiger partial charge in [0.05, 0.1) is 11.8 Å². The number of hydrogen-bond acceptors (Lipinski definition) is 12. The first-order chi connectivity index (χ1) is 29.0. The van der Waals surface area contributed by atoms with Gasteiger partial charge >= 0.3 is 6.09 Å². The summed E-state index contributed by atoms with van der Waals surface area (Å²) in [5.74, 6) is -4.58. The zero-order chi connectivity index (χ0) is 48.7. The topological polar surface area (TPSA) is 281 Å². The van der Waals surface area contributed by atoms with Gasteiger partial charge in [0.1, 0.15) is 16.7 Å². The van der Waals surface area contributed by atoms with Crippen LogP contribution in [0.2, 0.25) is 0 Å². The lowest BCUT2D eigenvalue weighted by Crippen LogP contribution is -2.60. The molecule has 19 heteroatoms. The van der Waals surface area contributed by atoms with E-state index < -0.39 is 99.7 Å². The molecule has 0 fully saturated rings. The van der Waals surface area contributed by atoms with Gasteiger partial charge in [-0.15, -0.1) is 0 Å². The van der Waals surface area contributed by atoms with Crippen LogP contribution in [0.3, 0.4) is 0 Å². The van der Waals surface area contributed by atoms with Crippen LogP contribution in [-0.2, 0) is 36.8 Å². The minimum Gasteiger partial charge on any atom is -0.444 e. The molecule has 0 aliphatic carbocycles. The second-order valence-corrected chi connectivity index (χ2v) is 17.8. The first kappa shape index (κ1) is 57.3. The Hall–Kier alpha value is -5.69. The Bertz CT molecular complexity index is 1740. The first-order valence-corrected chi connectivity index (χ1v) is 20.8. The smallest absolute Gasteiger partial charge is 0.408 e. The molecule has 19 nitrogen and oxygen atoms in total. The number of carbonyl (C=O) groups is 5. The van der Waals surface area contributed by atoms with E-state index in [1.54, 1.807) is 109 Å². The molecule has 7 N–H and O–H groups in total. The quantitative estimate of drug-likeness (QED) is 0.0740. The summed E-state index contributed by atoms with van der Waals surface area (Å²) in [6.45, 7) is 16.3. The van der Waals surface area contributed by atoms with E-state index in [1.807, 2.05) is 0 Å². The molecule has 2 rings (SSSR count).